The van der Waals surface area contributed by atoms with E-state index in [1.165, 1.54) is 30.3 Å². The number of hydrogen-bond acceptors (Lipinski definition) is 5. The molecule has 2 aromatic rings. The summed E-state index contributed by atoms with van der Waals surface area (Å²) in [7, 11) is -7.58. The molecule has 1 aliphatic rings. The Bertz CT molecular complexity index is 1080. The molecule has 1 amide bonds. The van der Waals surface area contributed by atoms with E-state index < -0.39 is 26.0 Å². The van der Waals surface area contributed by atoms with Crippen LogP contribution in [0.15, 0.2) is 47.4 Å². The number of rotatable bonds is 4. The van der Waals surface area contributed by atoms with Crippen molar-refractivity contribution in [1.29, 1.82) is 0 Å². The van der Waals surface area contributed by atoms with Gasteiger partial charge in [-0.25, -0.2) is 21.1 Å². The van der Waals surface area contributed by atoms with Crippen LogP contribution in [0.2, 0.25) is 5.02 Å². The lowest BCUT2D eigenvalue weighted by molar-refractivity contribution is -0.116. The minimum Gasteiger partial charge on any atom is -0.280 e. The first-order valence-corrected chi connectivity index (χ1v) is 11.0. The zero-order valence-corrected chi connectivity index (χ0v) is 16.0. The van der Waals surface area contributed by atoms with Crippen molar-refractivity contribution >= 4 is 48.9 Å². The van der Waals surface area contributed by atoms with Crippen LogP contribution in [0, 0.1) is 6.92 Å². The molecule has 26 heavy (non-hydrogen) atoms. The highest BCUT2D eigenvalue weighted by atomic mass is 35.5. The van der Waals surface area contributed by atoms with Gasteiger partial charge in [-0.15, -0.1) is 0 Å². The van der Waals surface area contributed by atoms with Gasteiger partial charge in [-0.3, -0.25) is 9.52 Å². The van der Waals surface area contributed by atoms with Crippen molar-refractivity contribution in [3.63, 3.8) is 0 Å². The molecule has 1 heterocycles. The fourth-order valence-corrected chi connectivity index (χ4v) is 5.19. The molecular formula is C16H15ClN2O5S2. The molecule has 0 unspecified atom stereocenters. The van der Waals surface area contributed by atoms with Crippen molar-refractivity contribution in [2.45, 2.75) is 18.2 Å². The van der Waals surface area contributed by atoms with Gasteiger partial charge in [0, 0.05) is 11.4 Å². The van der Waals surface area contributed by atoms with Crippen LogP contribution in [0.5, 0.6) is 0 Å². The van der Waals surface area contributed by atoms with Crippen molar-refractivity contribution in [3.8, 4) is 0 Å². The Balaban J connectivity index is 1.87. The van der Waals surface area contributed by atoms with Gasteiger partial charge in [-0.05, 0) is 48.9 Å². The molecule has 7 nitrogen and oxygen atoms in total. The van der Waals surface area contributed by atoms with Gasteiger partial charge >= 0.3 is 0 Å². The summed E-state index contributed by atoms with van der Waals surface area (Å²) < 4.78 is 51.9. The molecule has 1 aliphatic heterocycles. The van der Waals surface area contributed by atoms with Crippen LogP contribution in [-0.2, 0) is 24.8 Å². The van der Waals surface area contributed by atoms with Gasteiger partial charge in [0.1, 0.15) is 0 Å². The van der Waals surface area contributed by atoms with Gasteiger partial charge in [0.25, 0.3) is 10.0 Å². The van der Waals surface area contributed by atoms with Crippen molar-refractivity contribution < 1.29 is 21.6 Å². The lowest BCUT2D eigenvalue weighted by Gasteiger charge is -2.15. The highest BCUT2D eigenvalue weighted by Crippen LogP contribution is 2.27. The van der Waals surface area contributed by atoms with E-state index in [0.717, 1.165) is 5.56 Å². The number of carbonyl (C=O) groups is 1. The molecule has 3 rings (SSSR count). The molecule has 1 N–H and O–H groups in total. The van der Waals surface area contributed by atoms with E-state index in [0.29, 0.717) is 15.0 Å². The van der Waals surface area contributed by atoms with Gasteiger partial charge in [-0.1, -0.05) is 17.7 Å². The van der Waals surface area contributed by atoms with E-state index in [1.54, 1.807) is 19.1 Å². The maximum Gasteiger partial charge on any atom is 0.261 e. The Morgan fingerprint density at radius 1 is 1.12 bits per heavy atom. The van der Waals surface area contributed by atoms with Crippen LogP contribution in [0.4, 0.5) is 11.4 Å². The van der Waals surface area contributed by atoms with Gasteiger partial charge < -0.3 is 0 Å². The van der Waals surface area contributed by atoms with Crippen LogP contribution in [0.1, 0.15) is 12.0 Å². The van der Waals surface area contributed by atoms with E-state index >= 15 is 0 Å². The van der Waals surface area contributed by atoms with E-state index in [4.69, 9.17) is 11.6 Å². The van der Waals surface area contributed by atoms with Crippen molar-refractivity contribution in [2.75, 3.05) is 14.8 Å². The molecule has 0 bridgehead atoms. The normalized spacial score (nSPS) is 16.7. The van der Waals surface area contributed by atoms with Crippen LogP contribution >= 0.6 is 11.6 Å². The van der Waals surface area contributed by atoms with E-state index in [-0.39, 0.29) is 22.8 Å². The number of amides is 1. The first kappa shape index (κ1) is 18.7. The first-order valence-electron chi connectivity index (χ1n) is 7.55. The number of nitrogens with zero attached hydrogens (tertiary/aromatic N) is 1. The van der Waals surface area contributed by atoms with Crippen LogP contribution < -0.4 is 9.03 Å². The number of nitrogens with one attached hydrogen (secondary N) is 1. The molecule has 0 saturated carbocycles. The summed E-state index contributed by atoms with van der Waals surface area (Å²) in [6.45, 7) is 1.80. The zero-order chi connectivity index (χ0) is 19.1. The second-order valence-electron chi connectivity index (χ2n) is 5.79. The first-order chi connectivity index (χ1) is 12.1. The summed E-state index contributed by atoms with van der Waals surface area (Å²) in [5.41, 5.74) is 1.24. The van der Waals surface area contributed by atoms with E-state index in [1.807, 2.05) is 0 Å². The number of sulfonamides is 2. The smallest absolute Gasteiger partial charge is 0.261 e. The number of carbonyl (C=O) groups excluding carboxylic acids is 1. The minimum atomic E-state index is -3.89. The summed E-state index contributed by atoms with van der Waals surface area (Å²) in [4.78, 5) is 11.7. The molecule has 0 spiro atoms. The highest BCUT2D eigenvalue weighted by Gasteiger charge is 2.36. The summed E-state index contributed by atoms with van der Waals surface area (Å²) in [6.07, 6.45) is -0.0852. The van der Waals surface area contributed by atoms with Crippen LogP contribution in [0.3, 0.4) is 0 Å². The SMILES string of the molecule is Cc1ccc(NS(=O)(=O)c2ccc(N3C(=O)CCS3(=O)=O)cc2)cc1Cl. The van der Waals surface area contributed by atoms with E-state index in [2.05, 4.69) is 4.72 Å². The molecule has 0 atom stereocenters. The fraction of sp³-hybridized carbons (Fsp3) is 0.188. The Morgan fingerprint density at radius 3 is 2.31 bits per heavy atom. The maximum atomic E-state index is 12.5. The van der Waals surface area contributed by atoms with Gasteiger partial charge in [0.15, 0.2) is 0 Å². The molecule has 0 aromatic heterocycles. The van der Waals surface area contributed by atoms with E-state index in [9.17, 15) is 21.6 Å². The molecule has 138 valence electrons. The number of halogens is 1. The molecule has 0 radical (unpaired) electrons. The largest absolute Gasteiger partial charge is 0.280 e. The summed E-state index contributed by atoms with van der Waals surface area (Å²) in [5, 5.41) is 0.429. The molecule has 1 saturated heterocycles. The van der Waals surface area contributed by atoms with Gasteiger partial charge in [0.2, 0.25) is 15.9 Å². The molecular weight excluding hydrogens is 400 g/mol. The number of aryl methyl sites for hydroxylation is 1. The topological polar surface area (TPSA) is 101 Å². The average molecular weight is 415 g/mol. The second kappa shape index (κ2) is 6.57. The lowest BCUT2D eigenvalue weighted by atomic mass is 10.2. The number of hydrogen-bond donors (Lipinski definition) is 1. The summed E-state index contributed by atoms with van der Waals surface area (Å²) >= 11 is 5.99. The third-order valence-electron chi connectivity index (χ3n) is 3.88. The van der Waals surface area contributed by atoms with Gasteiger partial charge in [-0.2, -0.15) is 0 Å². The highest BCUT2D eigenvalue weighted by molar-refractivity contribution is 7.94. The Labute approximate surface area is 156 Å². The molecule has 10 heteroatoms. The van der Waals surface area contributed by atoms with Crippen LogP contribution in [0.25, 0.3) is 0 Å². The summed E-state index contributed by atoms with van der Waals surface area (Å²) in [5.74, 6) is -0.783. The quantitative estimate of drug-likeness (QED) is 0.828. The molecule has 0 aliphatic carbocycles. The maximum absolute atomic E-state index is 12.5. The lowest BCUT2D eigenvalue weighted by Crippen LogP contribution is -2.29. The number of anilines is 2. The predicted octanol–water partition coefficient (Wildman–Crippen LogP) is 2.52. The molecule has 1 fully saturated rings. The Kier molecular flexibility index (Phi) is 4.72. The predicted molar refractivity (Wildman–Crippen MR) is 99.3 cm³/mol. The average Bonchev–Trinajstić information content (AvgIpc) is 2.84. The third kappa shape index (κ3) is 3.55. The Hall–Kier alpha value is -2.10. The number of benzene rings is 2. The third-order valence-corrected chi connectivity index (χ3v) is 7.38. The Morgan fingerprint density at radius 2 is 1.77 bits per heavy atom. The van der Waals surface area contributed by atoms with Crippen molar-refractivity contribution in [3.05, 3.63) is 53.1 Å². The zero-order valence-electron chi connectivity index (χ0n) is 13.6. The minimum absolute atomic E-state index is 0.0676. The van der Waals surface area contributed by atoms with Gasteiger partial charge in [0.05, 0.1) is 22.0 Å². The standard InChI is InChI=1S/C16H15ClN2O5S2/c1-11-2-3-12(10-15(11)17)18-26(23,24)14-6-4-13(5-7-14)19-16(20)8-9-25(19,21)22/h2-7,10,18H,8-9H2,1H3. The van der Waals surface area contributed by atoms with Crippen molar-refractivity contribution in [1.82, 2.24) is 0 Å². The molecule has 2 aromatic carbocycles. The fourth-order valence-electron chi connectivity index (χ4n) is 2.50. The monoisotopic (exact) mass is 414 g/mol. The van der Waals surface area contributed by atoms with Crippen molar-refractivity contribution in [2.24, 2.45) is 0 Å². The van der Waals surface area contributed by atoms with Crippen LogP contribution in [-0.4, -0.2) is 28.5 Å². The summed E-state index contributed by atoms with van der Waals surface area (Å²) in [6, 6.07) is 9.84. The second-order valence-corrected chi connectivity index (χ2v) is 9.81.